The molecule has 5 nitrogen and oxygen atoms in total. The number of benzene rings is 1. The summed E-state index contributed by atoms with van der Waals surface area (Å²) in [5, 5.41) is 8.63. The second kappa shape index (κ2) is 6.75. The van der Waals surface area contributed by atoms with E-state index in [1.54, 1.807) is 0 Å². The van der Waals surface area contributed by atoms with Crippen LogP contribution in [-0.2, 0) is 6.42 Å². The number of piperidine rings is 1. The second-order valence-corrected chi connectivity index (χ2v) is 6.75. The molecule has 2 aromatic rings. The molecule has 24 heavy (non-hydrogen) atoms. The lowest BCUT2D eigenvalue weighted by atomic mass is 10.0. The standard InChI is InChI=1S/C19H25N5/c1-2-16-10-5-6-12-23(16)18-14-20-22-19(21-18)24-13-7-9-15-8-3-4-11-17(15)24/h3-4,8,11,14,16H,2,5-7,9-10,12-13H2,1H3. The van der Waals surface area contributed by atoms with Crippen LogP contribution in [0.4, 0.5) is 17.5 Å². The average Bonchev–Trinajstić information content (AvgIpc) is 2.67. The van der Waals surface area contributed by atoms with Crippen molar-refractivity contribution in [3.8, 4) is 0 Å². The summed E-state index contributed by atoms with van der Waals surface area (Å²) in [4.78, 5) is 9.55. The average molecular weight is 323 g/mol. The van der Waals surface area contributed by atoms with Crippen molar-refractivity contribution < 1.29 is 0 Å². The van der Waals surface area contributed by atoms with Crippen molar-refractivity contribution in [2.75, 3.05) is 22.9 Å². The fourth-order valence-electron chi connectivity index (χ4n) is 4.01. The highest BCUT2D eigenvalue weighted by Crippen LogP contribution is 2.32. The molecule has 1 atom stereocenters. The second-order valence-electron chi connectivity index (χ2n) is 6.75. The van der Waals surface area contributed by atoms with Crippen LogP contribution in [0.3, 0.4) is 0 Å². The van der Waals surface area contributed by atoms with Gasteiger partial charge in [0.15, 0.2) is 5.82 Å². The number of aryl methyl sites for hydroxylation is 1. The zero-order valence-corrected chi connectivity index (χ0v) is 14.4. The molecule has 0 bridgehead atoms. The van der Waals surface area contributed by atoms with Gasteiger partial charge in [-0.25, -0.2) is 0 Å². The van der Waals surface area contributed by atoms with Crippen molar-refractivity contribution in [1.29, 1.82) is 0 Å². The molecule has 0 spiro atoms. The summed E-state index contributed by atoms with van der Waals surface area (Å²) in [5.41, 5.74) is 2.61. The Morgan fingerprint density at radius 2 is 2.04 bits per heavy atom. The van der Waals surface area contributed by atoms with Gasteiger partial charge in [0, 0.05) is 24.8 Å². The van der Waals surface area contributed by atoms with Gasteiger partial charge in [0.25, 0.3) is 5.95 Å². The Morgan fingerprint density at radius 1 is 1.12 bits per heavy atom. The molecule has 0 saturated carbocycles. The number of rotatable bonds is 3. The highest BCUT2D eigenvalue weighted by molar-refractivity contribution is 5.63. The highest BCUT2D eigenvalue weighted by atomic mass is 15.4. The Kier molecular flexibility index (Phi) is 4.32. The number of anilines is 3. The Labute approximate surface area is 143 Å². The molecular formula is C19H25N5. The molecule has 3 heterocycles. The quantitative estimate of drug-likeness (QED) is 0.861. The maximum absolute atomic E-state index is 4.90. The topological polar surface area (TPSA) is 45.2 Å². The van der Waals surface area contributed by atoms with E-state index in [0.717, 1.165) is 44.1 Å². The first-order valence-corrected chi connectivity index (χ1v) is 9.18. The summed E-state index contributed by atoms with van der Waals surface area (Å²) in [5.74, 6) is 1.72. The first kappa shape index (κ1) is 15.4. The van der Waals surface area contributed by atoms with Crippen LogP contribution in [0.15, 0.2) is 30.5 Å². The van der Waals surface area contributed by atoms with E-state index in [1.165, 1.54) is 30.5 Å². The predicted molar refractivity (Wildman–Crippen MR) is 96.9 cm³/mol. The molecule has 0 N–H and O–H groups in total. The molecule has 1 fully saturated rings. The molecule has 0 amide bonds. The maximum Gasteiger partial charge on any atom is 0.251 e. The normalized spacial score (nSPS) is 20.8. The van der Waals surface area contributed by atoms with Crippen molar-refractivity contribution >= 4 is 17.5 Å². The van der Waals surface area contributed by atoms with E-state index in [-0.39, 0.29) is 0 Å². The van der Waals surface area contributed by atoms with E-state index < -0.39 is 0 Å². The van der Waals surface area contributed by atoms with Gasteiger partial charge in [-0.15, -0.1) is 5.10 Å². The Balaban J connectivity index is 1.66. The first-order chi connectivity index (χ1) is 11.9. The minimum absolute atomic E-state index is 0.581. The van der Waals surface area contributed by atoms with Crippen LogP contribution >= 0.6 is 0 Å². The maximum atomic E-state index is 4.90. The van der Waals surface area contributed by atoms with Crippen molar-refractivity contribution in [2.45, 2.75) is 51.5 Å². The van der Waals surface area contributed by atoms with Crippen LogP contribution < -0.4 is 9.80 Å². The summed E-state index contributed by atoms with van der Waals surface area (Å²) in [6, 6.07) is 9.15. The van der Waals surface area contributed by atoms with Crippen molar-refractivity contribution in [3.05, 3.63) is 36.0 Å². The van der Waals surface area contributed by atoms with Gasteiger partial charge in [-0.3, -0.25) is 0 Å². The third-order valence-corrected chi connectivity index (χ3v) is 5.28. The molecule has 0 radical (unpaired) electrons. The van der Waals surface area contributed by atoms with Crippen LogP contribution in [0.1, 0.15) is 44.6 Å². The number of para-hydroxylation sites is 1. The van der Waals surface area contributed by atoms with Crippen LogP contribution in [0.2, 0.25) is 0 Å². The summed E-state index contributed by atoms with van der Waals surface area (Å²) < 4.78 is 0. The number of nitrogens with zero attached hydrogens (tertiary/aromatic N) is 5. The van der Waals surface area contributed by atoms with Crippen molar-refractivity contribution in [2.24, 2.45) is 0 Å². The summed E-state index contributed by atoms with van der Waals surface area (Å²) in [7, 11) is 0. The molecule has 1 aromatic heterocycles. The fraction of sp³-hybridized carbons (Fsp3) is 0.526. The Bertz CT molecular complexity index is 702. The summed E-state index contributed by atoms with van der Waals surface area (Å²) in [6.07, 6.45) is 9.06. The van der Waals surface area contributed by atoms with Crippen LogP contribution in [-0.4, -0.2) is 34.3 Å². The van der Waals surface area contributed by atoms with Gasteiger partial charge in [-0.05, 0) is 50.2 Å². The third kappa shape index (κ3) is 2.83. The molecule has 0 aliphatic carbocycles. The summed E-state index contributed by atoms with van der Waals surface area (Å²) in [6.45, 7) is 4.30. The summed E-state index contributed by atoms with van der Waals surface area (Å²) >= 11 is 0. The van der Waals surface area contributed by atoms with Gasteiger partial charge in [-0.1, -0.05) is 25.1 Å². The van der Waals surface area contributed by atoms with Gasteiger partial charge in [0.05, 0.1) is 6.20 Å². The smallest absolute Gasteiger partial charge is 0.251 e. The van der Waals surface area contributed by atoms with Crippen LogP contribution in [0.25, 0.3) is 0 Å². The van der Waals surface area contributed by atoms with E-state index in [2.05, 4.69) is 51.2 Å². The minimum atomic E-state index is 0.581. The molecular weight excluding hydrogens is 298 g/mol. The van der Waals surface area contributed by atoms with Crippen LogP contribution in [0, 0.1) is 0 Å². The number of hydrogen-bond acceptors (Lipinski definition) is 5. The van der Waals surface area contributed by atoms with E-state index in [9.17, 15) is 0 Å². The molecule has 1 saturated heterocycles. The predicted octanol–water partition coefficient (Wildman–Crippen LogP) is 3.72. The van der Waals surface area contributed by atoms with Gasteiger partial charge in [0.1, 0.15) is 0 Å². The molecule has 126 valence electrons. The molecule has 2 aliphatic rings. The molecule has 5 heteroatoms. The molecule has 1 aromatic carbocycles. The lowest BCUT2D eigenvalue weighted by Gasteiger charge is -2.36. The molecule has 4 rings (SSSR count). The minimum Gasteiger partial charge on any atom is -0.352 e. The van der Waals surface area contributed by atoms with E-state index in [0.29, 0.717) is 6.04 Å². The fourth-order valence-corrected chi connectivity index (χ4v) is 4.01. The van der Waals surface area contributed by atoms with Gasteiger partial charge in [-0.2, -0.15) is 10.1 Å². The Morgan fingerprint density at radius 3 is 2.96 bits per heavy atom. The lowest BCUT2D eigenvalue weighted by Crippen LogP contribution is -2.40. The Hall–Kier alpha value is -2.17. The SMILES string of the molecule is CCC1CCCCN1c1cnnc(N2CCCc3ccccc32)n1. The third-order valence-electron chi connectivity index (χ3n) is 5.28. The van der Waals surface area contributed by atoms with Crippen molar-refractivity contribution in [3.63, 3.8) is 0 Å². The zero-order valence-electron chi connectivity index (χ0n) is 14.4. The largest absolute Gasteiger partial charge is 0.352 e. The number of aromatic nitrogens is 3. The number of fused-ring (bicyclic) bond motifs is 1. The molecule has 2 aliphatic heterocycles. The van der Waals surface area contributed by atoms with E-state index in [1.807, 2.05) is 6.20 Å². The molecule has 1 unspecified atom stereocenters. The van der Waals surface area contributed by atoms with E-state index in [4.69, 9.17) is 4.98 Å². The van der Waals surface area contributed by atoms with E-state index >= 15 is 0 Å². The van der Waals surface area contributed by atoms with Crippen LogP contribution in [0.5, 0.6) is 0 Å². The van der Waals surface area contributed by atoms with Crippen molar-refractivity contribution in [1.82, 2.24) is 15.2 Å². The monoisotopic (exact) mass is 323 g/mol. The van der Waals surface area contributed by atoms with Gasteiger partial charge >= 0.3 is 0 Å². The lowest BCUT2D eigenvalue weighted by molar-refractivity contribution is 0.446. The first-order valence-electron chi connectivity index (χ1n) is 9.18. The zero-order chi connectivity index (χ0) is 16.4. The highest BCUT2D eigenvalue weighted by Gasteiger charge is 2.25. The van der Waals surface area contributed by atoms with Gasteiger partial charge in [0.2, 0.25) is 0 Å². The number of hydrogen-bond donors (Lipinski definition) is 0. The van der Waals surface area contributed by atoms with Gasteiger partial charge < -0.3 is 9.80 Å².